The van der Waals surface area contributed by atoms with E-state index in [2.05, 4.69) is 27.7 Å². The fourth-order valence-electron chi connectivity index (χ4n) is 11.5. The van der Waals surface area contributed by atoms with Gasteiger partial charge in [-0.15, -0.1) is 0 Å². The fraction of sp³-hybridized carbons (Fsp3) is 0.945. The maximum atomic E-state index is 13.5. The highest BCUT2D eigenvalue weighted by Gasteiger charge is 2.33. The first kappa shape index (κ1) is 88.1. The Morgan fingerprint density at radius 1 is 0.278 bits per heavy atom. The summed E-state index contributed by atoms with van der Waals surface area (Å²) in [6, 6.07) is 0. The minimum atomic E-state index is -4.66. The lowest BCUT2D eigenvalue weighted by Crippen LogP contribution is -2.30. The Bertz CT molecular complexity index is 1720. The molecule has 0 aliphatic heterocycles. The molecule has 5 unspecified atom stereocenters. The van der Waals surface area contributed by atoms with Gasteiger partial charge in [-0.25, -0.2) is 0 Å². The molecule has 0 aromatic heterocycles. The van der Waals surface area contributed by atoms with E-state index in [9.17, 15) is 43.2 Å². The molecular formula is C73H142O15P2. The van der Waals surface area contributed by atoms with Crippen LogP contribution in [0.25, 0.3) is 0 Å². The first-order chi connectivity index (χ1) is 43.7. The van der Waals surface area contributed by atoms with E-state index in [1.807, 2.05) is 0 Å². The number of aliphatic hydroxyl groups is 1. The Morgan fingerprint density at radius 2 is 0.489 bits per heavy atom. The standard InChI is InChI=1S/C73H142O15P2/c1-5-9-13-17-21-25-29-33-37-41-45-49-53-57-70(75)83-62-68(87-72(77)59-55-51-47-43-39-35-31-27-23-19-15-11-7-3)64-86-89(79,80)65-67(74)61-85-90(81,82)66-69(88-73(78)60-56-52-48-44-40-36-32-28-24-20-16-12-8-4)63-84-71(76)58-54-50-46-42-38-34-30-26-22-18-14-10-6-2/h67-69,74H,5-66H2,1-4H3,(H,79,80)(H,81,82). The summed E-state index contributed by atoms with van der Waals surface area (Å²) in [6.45, 7) is 6.62. The summed E-state index contributed by atoms with van der Waals surface area (Å²) in [4.78, 5) is 73.7. The van der Waals surface area contributed by atoms with E-state index in [1.165, 1.54) is 225 Å². The highest BCUT2D eigenvalue weighted by molar-refractivity contribution is 7.53. The van der Waals surface area contributed by atoms with Crippen LogP contribution in [0.15, 0.2) is 0 Å². The number of hydrogen-bond donors (Lipinski definition) is 3. The van der Waals surface area contributed by atoms with Gasteiger partial charge in [-0.1, -0.05) is 336 Å². The van der Waals surface area contributed by atoms with Gasteiger partial charge in [-0.2, -0.15) is 0 Å². The van der Waals surface area contributed by atoms with Gasteiger partial charge in [0.2, 0.25) is 0 Å². The Hall–Kier alpha value is -1.86. The molecule has 0 aromatic rings. The Balaban J connectivity index is 5.38. The molecule has 15 nitrogen and oxygen atoms in total. The molecule has 5 atom stereocenters. The van der Waals surface area contributed by atoms with Gasteiger partial charge >= 0.3 is 39.1 Å². The third kappa shape index (κ3) is 64.8. The minimum absolute atomic E-state index is 0.0870. The van der Waals surface area contributed by atoms with E-state index in [0.717, 1.165) is 83.5 Å². The van der Waals surface area contributed by atoms with Crippen LogP contribution in [0.5, 0.6) is 0 Å². The van der Waals surface area contributed by atoms with Crippen molar-refractivity contribution in [1.29, 1.82) is 0 Å². The van der Waals surface area contributed by atoms with Crippen molar-refractivity contribution in [2.45, 2.75) is 406 Å². The molecule has 90 heavy (non-hydrogen) atoms. The maximum absolute atomic E-state index is 13.5. The van der Waals surface area contributed by atoms with Crippen molar-refractivity contribution in [2.24, 2.45) is 0 Å². The van der Waals surface area contributed by atoms with Crippen molar-refractivity contribution in [1.82, 2.24) is 0 Å². The van der Waals surface area contributed by atoms with E-state index in [0.29, 0.717) is 25.7 Å². The zero-order valence-corrected chi connectivity index (χ0v) is 60.5. The summed E-state index contributed by atoms with van der Waals surface area (Å²) in [5, 5.41) is 10.8. The van der Waals surface area contributed by atoms with Gasteiger partial charge in [0.15, 0.2) is 6.10 Å². The number of hydrogen-bond acceptors (Lipinski definition) is 13. The van der Waals surface area contributed by atoms with Crippen molar-refractivity contribution in [2.75, 3.05) is 38.8 Å². The summed E-state index contributed by atoms with van der Waals surface area (Å²) in [5.41, 5.74) is 0. The third-order valence-electron chi connectivity index (χ3n) is 17.2. The van der Waals surface area contributed by atoms with Crippen LogP contribution in [0.1, 0.15) is 387 Å². The summed E-state index contributed by atoms with van der Waals surface area (Å²) >= 11 is 0. The Labute approximate surface area is 552 Å². The lowest BCUT2D eigenvalue weighted by Gasteiger charge is -2.23. The molecule has 0 aliphatic rings. The van der Waals surface area contributed by atoms with Crippen molar-refractivity contribution in [3.05, 3.63) is 0 Å². The van der Waals surface area contributed by atoms with Crippen LogP contribution in [0.2, 0.25) is 0 Å². The molecule has 0 rings (SSSR count). The predicted molar refractivity (Wildman–Crippen MR) is 370 cm³/mol. The summed E-state index contributed by atoms with van der Waals surface area (Å²) in [6.07, 6.45) is 54.9. The van der Waals surface area contributed by atoms with Gasteiger partial charge in [0, 0.05) is 25.7 Å². The molecule has 0 spiro atoms. The van der Waals surface area contributed by atoms with E-state index in [-0.39, 0.29) is 32.3 Å². The highest BCUT2D eigenvalue weighted by atomic mass is 31.2. The summed E-state index contributed by atoms with van der Waals surface area (Å²) < 4.78 is 59.7. The van der Waals surface area contributed by atoms with Crippen LogP contribution >= 0.6 is 15.2 Å². The number of rotatable bonds is 72. The zero-order chi connectivity index (χ0) is 66.1. The van der Waals surface area contributed by atoms with Crippen LogP contribution in [0.4, 0.5) is 0 Å². The molecule has 0 saturated carbocycles. The van der Waals surface area contributed by atoms with Crippen LogP contribution in [-0.4, -0.2) is 95.8 Å². The fourth-order valence-corrected chi connectivity index (χ4v) is 13.8. The van der Waals surface area contributed by atoms with Gasteiger partial charge in [-0.05, 0) is 25.7 Å². The van der Waals surface area contributed by atoms with Gasteiger partial charge in [0.05, 0.1) is 31.6 Å². The van der Waals surface area contributed by atoms with Gasteiger partial charge in [-0.3, -0.25) is 28.3 Å². The number of unbranched alkanes of at least 4 members (excludes halogenated alkanes) is 48. The number of carbonyl (C=O) groups is 4. The molecule has 3 N–H and O–H groups in total. The van der Waals surface area contributed by atoms with Gasteiger partial charge in [0.25, 0.3) is 0 Å². The van der Waals surface area contributed by atoms with Crippen molar-refractivity contribution < 1.29 is 71.2 Å². The molecular weight excluding hydrogens is 1180 g/mol. The molecule has 534 valence electrons. The molecule has 0 bridgehead atoms. The monoisotopic (exact) mass is 1320 g/mol. The second-order valence-electron chi connectivity index (χ2n) is 26.4. The quantitative estimate of drug-likeness (QED) is 0.0223. The normalized spacial score (nSPS) is 14.0. The molecule has 0 aromatic carbocycles. The molecule has 0 aliphatic carbocycles. The van der Waals surface area contributed by atoms with Crippen molar-refractivity contribution in [3.63, 3.8) is 0 Å². The number of esters is 4. The first-order valence-electron chi connectivity index (χ1n) is 38.0. The molecule has 0 heterocycles. The van der Waals surface area contributed by atoms with Crippen LogP contribution in [-0.2, 0) is 56.3 Å². The second-order valence-corrected chi connectivity index (χ2v) is 30.2. The largest absolute Gasteiger partial charge is 0.462 e. The van der Waals surface area contributed by atoms with E-state index >= 15 is 0 Å². The van der Waals surface area contributed by atoms with Gasteiger partial charge < -0.3 is 42.9 Å². The lowest BCUT2D eigenvalue weighted by molar-refractivity contribution is -0.161. The SMILES string of the molecule is CCCCCCCCCCCCCCCC(=O)OCC(COP(=O)(O)CC(O)COP(=O)(O)CC(COC(=O)CCCCCCCCCCCCCCC)OC(=O)CCCCCCCCCCCCCCC)OC(=O)CCCCCCCCCCCCCCC. The Morgan fingerprint density at radius 3 is 0.767 bits per heavy atom. The van der Waals surface area contributed by atoms with E-state index < -0.39 is 89.5 Å². The van der Waals surface area contributed by atoms with Gasteiger partial charge in [0.1, 0.15) is 19.3 Å². The number of ether oxygens (including phenoxy) is 4. The smallest absolute Gasteiger partial charge is 0.332 e. The third-order valence-corrected chi connectivity index (χ3v) is 20.1. The average molecular weight is 1320 g/mol. The molecule has 0 saturated heterocycles. The van der Waals surface area contributed by atoms with E-state index in [1.54, 1.807) is 0 Å². The Kier molecular flexibility index (Phi) is 64.4. The first-order valence-corrected chi connectivity index (χ1v) is 41.5. The number of aliphatic hydroxyl groups excluding tert-OH is 1. The van der Waals surface area contributed by atoms with E-state index in [4.69, 9.17) is 28.0 Å². The topological polar surface area (TPSA) is 218 Å². The minimum Gasteiger partial charge on any atom is -0.462 e. The summed E-state index contributed by atoms with van der Waals surface area (Å²) in [5.74, 6) is -2.12. The predicted octanol–water partition coefficient (Wildman–Crippen LogP) is 21.6. The molecule has 0 fully saturated rings. The van der Waals surface area contributed by atoms with Crippen molar-refractivity contribution >= 4 is 39.1 Å². The molecule has 0 radical (unpaired) electrons. The van der Waals surface area contributed by atoms with Crippen LogP contribution in [0.3, 0.4) is 0 Å². The van der Waals surface area contributed by atoms with Crippen molar-refractivity contribution in [3.8, 4) is 0 Å². The lowest BCUT2D eigenvalue weighted by atomic mass is 10.0. The average Bonchev–Trinajstić information content (AvgIpc) is 3.23. The summed E-state index contributed by atoms with van der Waals surface area (Å²) in [7, 11) is -9.31. The molecule has 0 amide bonds. The maximum Gasteiger partial charge on any atom is 0.332 e. The van der Waals surface area contributed by atoms with Crippen LogP contribution in [0, 0.1) is 0 Å². The zero-order valence-electron chi connectivity index (χ0n) is 58.7. The van der Waals surface area contributed by atoms with Crippen LogP contribution < -0.4 is 0 Å². The number of carbonyl (C=O) groups excluding carboxylic acids is 4. The highest BCUT2D eigenvalue weighted by Crippen LogP contribution is 2.46. The molecule has 17 heteroatoms. The second kappa shape index (κ2) is 65.8.